The standard InChI is InChI=1S/C19H27N3O4/c1-25-15-6-5-14(17(9-15)26-2)12-22-8-7-20-19(24)16(22)10-18(23)21-11-13-3-4-13/h5-6,9,13,16H,3-4,7-8,10-12H2,1-2H3,(H,20,24)(H,21,23)/t16-/m0/s1. The van der Waals surface area contributed by atoms with Gasteiger partial charge in [-0.05, 0) is 24.8 Å². The van der Waals surface area contributed by atoms with Gasteiger partial charge in [0.2, 0.25) is 11.8 Å². The summed E-state index contributed by atoms with van der Waals surface area (Å²) in [4.78, 5) is 26.6. The van der Waals surface area contributed by atoms with Gasteiger partial charge >= 0.3 is 0 Å². The third kappa shape index (κ3) is 4.66. The van der Waals surface area contributed by atoms with Crippen molar-refractivity contribution in [1.29, 1.82) is 0 Å². The predicted octanol–water partition coefficient (Wildman–Crippen LogP) is 0.921. The molecule has 1 atom stereocenters. The number of carbonyl (C=O) groups excluding carboxylic acids is 2. The summed E-state index contributed by atoms with van der Waals surface area (Å²) < 4.78 is 10.7. The fourth-order valence-electron chi connectivity index (χ4n) is 3.20. The lowest BCUT2D eigenvalue weighted by atomic mass is 10.1. The Kier molecular flexibility index (Phi) is 5.98. The number of ether oxygens (including phenoxy) is 2. The SMILES string of the molecule is COc1ccc(CN2CCNC(=O)[C@@H]2CC(=O)NCC2CC2)c(OC)c1. The summed E-state index contributed by atoms with van der Waals surface area (Å²) in [5.74, 6) is 1.90. The molecule has 142 valence electrons. The highest BCUT2D eigenvalue weighted by Gasteiger charge is 2.32. The van der Waals surface area contributed by atoms with Crippen LogP contribution in [0.5, 0.6) is 11.5 Å². The summed E-state index contributed by atoms with van der Waals surface area (Å²) >= 11 is 0. The lowest BCUT2D eigenvalue weighted by molar-refractivity contribution is -0.134. The van der Waals surface area contributed by atoms with Crippen LogP contribution in [0.1, 0.15) is 24.8 Å². The van der Waals surface area contributed by atoms with Crippen molar-refractivity contribution >= 4 is 11.8 Å². The second-order valence-corrected chi connectivity index (χ2v) is 6.91. The van der Waals surface area contributed by atoms with Crippen molar-refractivity contribution in [2.45, 2.75) is 31.8 Å². The average Bonchev–Trinajstić information content (AvgIpc) is 3.47. The molecule has 2 aliphatic rings. The maximum Gasteiger partial charge on any atom is 0.237 e. The minimum atomic E-state index is -0.463. The number of carbonyl (C=O) groups is 2. The minimum Gasteiger partial charge on any atom is -0.497 e. The van der Waals surface area contributed by atoms with Crippen LogP contribution in [0.3, 0.4) is 0 Å². The van der Waals surface area contributed by atoms with E-state index in [0.29, 0.717) is 31.3 Å². The number of rotatable bonds is 8. The first-order chi connectivity index (χ1) is 12.6. The molecule has 1 aromatic carbocycles. The average molecular weight is 361 g/mol. The van der Waals surface area contributed by atoms with Crippen molar-refractivity contribution in [2.75, 3.05) is 33.9 Å². The molecule has 2 fully saturated rings. The molecule has 0 radical (unpaired) electrons. The number of amides is 2. The Bertz CT molecular complexity index is 660. The zero-order valence-electron chi connectivity index (χ0n) is 15.4. The molecule has 0 aromatic heterocycles. The number of methoxy groups -OCH3 is 2. The quantitative estimate of drug-likeness (QED) is 0.720. The maximum atomic E-state index is 12.4. The molecule has 1 heterocycles. The zero-order valence-corrected chi connectivity index (χ0v) is 15.4. The summed E-state index contributed by atoms with van der Waals surface area (Å²) in [6.45, 7) is 2.54. The Balaban J connectivity index is 1.67. The molecule has 7 heteroatoms. The van der Waals surface area contributed by atoms with Crippen LogP contribution in [0.15, 0.2) is 18.2 Å². The van der Waals surface area contributed by atoms with Gasteiger partial charge in [0, 0.05) is 37.8 Å². The molecule has 0 spiro atoms. The van der Waals surface area contributed by atoms with E-state index in [4.69, 9.17) is 9.47 Å². The highest BCUT2D eigenvalue weighted by Crippen LogP contribution is 2.28. The van der Waals surface area contributed by atoms with Crippen molar-refractivity contribution in [2.24, 2.45) is 5.92 Å². The minimum absolute atomic E-state index is 0.0642. The maximum absolute atomic E-state index is 12.4. The van der Waals surface area contributed by atoms with E-state index < -0.39 is 6.04 Å². The van der Waals surface area contributed by atoms with Crippen molar-refractivity contribution in [1.82, 2.24) is 15.5 Å². The van der Waals surface area contributed by atoms with Crippen molar-refractivity contribution in [3.63, 3.8) is 0 Å². The van der Waals surface area contributed by atoms with Gasteiger partial charge in [0.1, 0.15) is 11.5 Å². The number of benzene rings is 1. The molecule has 1 aliphatic carbocycles. The van der Waals surface area contributed by atoms with Crippen LogP contribution >= 0.6 is 0 Å². The highest BCUT2D eigenvalue weighted by atomic mass is 16.5. The number of nitrogens with one attached hydrogen (secondary N) is 2. The van der Waals surface area contributed by atoms with E-state index in [9.17, 15) is 9.59 Å². The summed E-state index contributed by atoms with van der Waals surface area (Å²) in [6.07, 6.45) is 2.55. The van der Waals surface area contributed by atoms with E-state index in [1.807, 2.05) is 23.1 Å². The van der Waals surface area contributed by atoms with E-state index in [1.165, 1.54) is 12.8 Å². The van der Waals surface area contributed by atoms with Gasteiger partial charge in [-0.2, -0.15) is 0 Å². The Morgan fingerprint density at radius 3 is 2.81 bits per heavy atom. The topological polar surface area (TPSA) is 79.9 Å². The fraction of sp³-hybridized carbons (Fsp3) is 0.579. The van der Waals surface area contributed by atoms with Gasteiger partial charge in [0.25, 0.3) is 0 Å². The summed E-state index contributed by atoms with van der Waals surface area (Å²) in [5.41, 5.74) is 0.964. The molecule has 1 saturated heterocycles. The second-order valence-electron chi connectivity index (χ2n) is 6.91. The number of hydrogen-bond acceptors (Lipinski definition) is 5. The molecule has 1 saturated carbocycles. The van der Waals surface area contributed by atoms with Crippen LogP contribution in [0.25, 0.3) is 0 Å². The van der Waals surface area contributed by atoms with E-state index in [0.717, 1.165) is 17.9 Å². The first-order valence-corrected chi connectivity index (χ1v) is 9.10. The van der Waals surface area contributed by atoms with Crippen molar-refractivity contribution < 1.29 is 19.1 Å². The van der Waals surface area contributed by atoms with Gasteiger partial charge in [-0.15, -0.1) is 0 Å². The number of piperazine rings is 1. The normalized spacial score (nSPS) is 20.4. The van der Waals surface area contributed by atoms with Crippen LogP contribution in [0, 0.1) is 5.92 Å². The molecule has 3 rings (SSSR count). The lowest BCUT2D eigenvalue weighted by Crippen LogP contribution is -2.56. The largest absolute Gasteiger partial charge is 0.497 e. The fourth-order valence-corrected chi connectivity index (χ4v) is 3.20. The van der Waals surface area contributed by atoms with Gasteiger partial charge in [0.05, 0.1) is 26.7 Å². The van der Waals surface area contributed by atoms with E-state index in [-0.39, 0.29) is 18.2 Å². The Labute approximate surface area is 154 Å². The Hall–Kier alpha value is -2.28. The third-order valence-electron chi connectivity index (χ3n) is 4.97. The van der Waals surface area contributed by atoms with Gasteiger partial charge in [-0.25, -0.2) is 0 Å². The first-order valence-electron chi connectivity index (χ1n) is 9.10. The van der Waals surface area contributed by atoms with Crippen LogP contribution in [0.4, 0.5) is 0 Å². The van der Waals surface area contributed by atoms with Crippen LogP contribution in [0.2, 0.25) is 0 Å². The predicted molar refractivity (Wildman–Crippen MR) is 97.1 cm³/mol. The van der Waals surface area contributed by atoms with E-state index in [2.05, 4.69) is 10.6 Å². The zero-order chi connectivity index (χ0) is 18.5. The lowest BCUT2D eigenvalue weighted by Gasteiger charge is -2.35. The molecular formula is C19H27N3O4. The molecule has 2 amide bonds. The highest BCUT2D eigenvalue weighted by molar-refractivity contribution is 5.88. The van der Waals surface area contributed by atoms with Gasteiger partial charge in [-0.3, -0.25) is 14.5 Å². The Morgan fingerprint density at radius 2 is 2.12 bits per heavy atom. The molecular weight excluding hydrogens is 334 g/mol. The van der Waals surface area contributed by atoms with E-state index >= 15 is 0 Å². The molecule has 7 nitrogen and oxygen atoms in total. The monoisotopic (exact) mass is 361 g/mol. The molecule has 0 bridgehead atoms. The van der Waals surface area contributed by atoms with Gasteiger partial charge < -0.3 is 20.1 Å². The number of nitrogens with zero attached hydrogens (tertiary/aromatic N) is 1. The van der Waals surface area contributed by atoms with Gasteiger partial charge in [0.15, 0.2) is 0 Å². The molecule has 26 heavy (non-hydrogen) atoms. The Morgan fingerprint density at radius 1 is 1.31 bits per heavy atom. The van der Waals surface area contributed by atoms with Gasteiger partial charge in [-0.1, -0.05) is 6.07 Å². The summed E-state index contributed by atoms with van der Waals surface area (Å²) in [7, 11) is 3.23. The summed E-state index contributed by atoms with van der Waals surface area (Å²) in [5, 5.41) is 5.81. The van der Waals surface area contributed by atoms with Crippen LogP contribution in [-0.4, -0.2) is 56.6 Å². The molecule has 2 N–H and O–H groups in total. The van der Waals surface area contributed by atoms with Crippen LogP contribution in [-0.2, 0) is 16.1 Å². The number of hydrogen-bond donors (Lipinski definition) is 2. The first kappa shape index (κ1) is 18.5. The van der Waals surface area contributed by atoms with Crippen LogP contribution < -0.4 is 20.1 Å². The molecule has 0 unspecified atom stereocenters. The molecule has 1 aliphatic heterocycles. The second kappa shape index (κ2) is 8.40. The summed E-state index contributed by atoms with van der Waals surface area (Å²) in [6, 6.07) is 5.18. The van der Waals surface area contributed by atoms with E-state index in [1.54, 1.807) is 14.2 Å². The third-order valence-corrected chi connectivity index (χ3v) is 4.97. The van der Waals surface area contributed by atoms with Crippen molar-refractivity contribution in [3.05, 3.63) is 23.8 Å². The van der Waals surface area contributed by atoms with Crippen molar-refractivity contribution in [3.8, 4) is 11.5 Å². The smallest absolute Gasteiger partial charge is 0.237 e. The molecule has 1 aromatic rings.